The number of aromatic nitrogens is 2. The SMILES string of the molecule is O=C(NO)c1cnc(N2CC3C2CN3C(c2ccccc2)c2ccccc2)nc1. The van der Waals surface area contributed by atoms with E-state index >= 15 is 0 Å². The highest BCUT2D eigenvalue weighted by molar-refractivity contribution is 5.92. The van der Waals surface area contributed by atoms with E-state index in [2.05, 4.69) is 68.3 Å². The van der Waals surface area contributed by atoms with Gasteiger partial charge in [-0.3, -0.25) is 14.9 Å². The minimum Gasteiger partial charge on any atom is -0.333 e. The molecule has 7 nitrogen and oxygen atoms in total. The molecule has 2 aliphatic rings. The lowest BCUT2D eigenvalue weighted by Gasteiger charge is -2.64. The van der Waals surface area contributed by atoms with Crippen LogP contribution in [0.15, 0.2) is 73.1 Å². The first-order chi connectivity index (χ1) is 14.3. The summed E-state index contributed by atoms with van der Waals surface area (Å²) in [6, 6.07) is 22.3. The summed E-state index contributed by atoms with van der Waals surface area (Å²) in [4.78, 5) is 24.7. The number of fused-ring (bicyclic) bond motifs is 1. The van der Waals surface area contributed by atoms with Crippen molar-refractivity contribution in [2.45, 2.75) is 18.1 Å². The van der Waals surface area contributed by atoms with E-state index in [1.54, 1.807) is 5.48 Å². The number of amides is 1. The van der Waals surface area contributed by atoms with Crippen molar-refractivity contribution in [2.24, 2.45) is 0 Å². The van der Waals surface area contributed by atoms with Gasteiger partial charge in [-0.25, -0.2) is 15.4 Å². The molecule has 0 aliphatic carbocycles. The molecule has 0 radical (unpaired) electrons. The first-order valence-corrected chi connectivity index (χ1v) is 9.65. The van der Waals surface area contributed by atoms with Crippen molar-refractivity contribution in [1.82, 2.24) is 20.3 Å². The van der Waals surface area contributed by atoms with Gasteiger partial charge in [0.1, 0.15) is 0 Å². The molecule has 29 heavy (non-hydrogen) atoms. The number of nitrogens with one attached hydrogen (secondary N) is 1. The number of hydrogen-bond donors (Lipinski definition) is 2. The number of likely N-dealkylation sites (tertiary alicyclic amines) is 1. The Hall–Kier alpha value is -3.29. The molecule has 0 spiro atoms. The molecule has 0 saturated carbocycles. The molecule has 2 unspecified atom stereocenters. The monoisotopic (exact) mass is 387 g/mol. The smallest absolute Gasteiger partial charge is 0.277 e. The van der Waals surface area contributed by atoms with Gasteiger partial charge in [0.25, 0.3) is 5.91 Å². The van der Waals surface area contributed by atoms with Crippen LogP contribution in [0.3, 0.4) is 0 Å². The summed E-state index contributed by atoms with van der Waals surface area (Å²) >= 11 is 0. The Morgan fingerprint density at radius 3 is 2.00 bits per heavy atom. The summed E-state index contributed by atoms with van der Waals surface area (Å²) < 4.78 is 0. The lowest BCUT2D eigenvalue weighted by atomic mass is 9.81. The van der Waals surface area contributed by atoms with Gasteiger partial charge in [0.05, 0.1) is 17.6 Å². The molecule has 2 saturated heterocycles. The molecule has 0 bridgehead atoms. The molecule has 2 fully saturated rings. The molecule has 1 aromatic heterocycles. The highest BCUT2D eigenvalue weighted by atomic mass is 16.5. The summed E-state index contributed by atoms with van der Waals surface area (Å²) in [6.45, 7) is 1.79. The lowest BCUT2D eigenvalue weighted by molar-refractivity contribution is -0.0150. The second-order valence-corrected chi connectivity index (χ2v) is 7.42. The Bertz CT molecular complexity index is 957. The number of nitrogens with zero attached hydrogens (tertiary/aromatic N) is 4. The van der Waals surface area contributed by atoms with E-state index in [4.69, 9.17) is 5.21 Å². The second-order valence-electron chi connectivity index (χ2n) is 7.42. The Labute approximate surface area is 168 Å². The van der Waals surface area contributed by atoms with Gasteiger partial charge >= 0.3 is 0 Å². The summed E-state index contributed by atoms with van der Waals surface area (Å²) in [5.41, 5.74) is 4.42. The van der Waals surface area contributed by atoms with Crippen molar-refractivity contribution in [2.75, 3.05) is 18.0 Å². The molecule has 3 aromatic rings. The summed E-state index contributed by atoms with van der Waals surface area (Å²) in [5, 5.41) is 8.71. The molecule has 1 amide bonds. The van der Waals surface area contributed by atoms with Crippen molar-refractivity contribution in [1.29, 1.82) is 0 Å². The first kappa shape index (κ1) is 17.8. The van der Waals surface area contributed by atoms with Gasteiger partial charge in [-0.1, -0.05) is 60.7 Å². The van der Waals surface area contributed by atoms with E-state index in [0.717, 1.165) is 13.1 Å². The molecule has 2 N–H and O–H groups in total. The molecule has 2 aliphatic heterocycles. The van der Waals surface area contributed by atoms with E-state index in [1.807, 2.05) is 12.1 Å². The van der Waals surface area contributed by atoms with Crippen LogP contribution in [-0.4, -0.2) is 51.2 Å². The van der Waals surface area contributed by atoms with E-state index in [9.17, 15) is 4.79 Å². The quantitative estimate of drug-likeness (QED) is 0.516. The maximum Gasteiger partial charge on any atom is 0.277 e. The summed E-state index contributed by atoms with van der Waals surface area (Å²) in [6.07, 6.45) is 2.88. The topological polar surface area (TPSA) is 81.6 Å². The fourth-order valence-corrected chi connectivity index (χ4v) is 4.31. The van der Waals surface area contributed by atoms with Crippen LogP contribution >= 0.6 is 0 Å². The third kappa shape index (κ3) is 3.04. The normalized spacial score (nSPS) is 20.6. The number of piperazine rings is 1. The molecular formula is C22H21N5O2. The van der Waals surface area contributed by atoms with Crippen molar-refractivity contribution in [3.63, 3.8) is 0 Å². The number of carbonyl (C=O) groups is 1. The van der Waals surface area contributed by atoms with E-state index in [1.165, 1.54) is 23.5 Å². The number of carbonyl (C=O) groups excluding carboxylic acids is 1. The third-order valence-corrected chi connectivity index (χ3v) is 5.87. The van der Waals surface area contributed by atoms with Crippen LogP contribution in [0.4, 0.5) is 5.95 Å². The maximum absolute atomic E-state index is 11.4. The zero-order valence-corrected chi connectivity index (χ0v) is 15.7. The zero-order chi connectivity index (χ0) is 19.8. The molecule has 3 heterocycles. The average Bonchev–Trinajstić information content (AvgIpc) is 2.78. The van der Waals surface area contributed by atoms with E-state index in [-0.39, 0.29) is 11.6 Å². The Morgan fingerprint density at radius 2 is 1.52 bits per heavy atom. The summed E-state index contributed by atoms with van der Waals surface area (Å²) in [5.74, 6) is 0.0118. The van der Waals surface area contributed by atoms with E-state index in [0.29, 0.717) is 18.0 Å². The van der Waals surface area contributed by atoms with Gasteiger partial charge in [-0.05, 0) is 11.1 Å². The van der Waals surface area contributed by atoms with Gasteiger partial charge in [0, 0.05) is 31.5 Å². The minimum atomic E-state index is -0.610. The van der Waals surface area contributed by atoms with Crippen molar-refractivity contribution >= 4 is 11.9 Å². The van der Waals surface area contributed by atoms with Crippen LogP contribution in [0.1, 0.15) is 27.5 Å². The number of benzene rings is 2. The molecule has 7 heteroatoms. The largest absolute Gasteiger partial charge is 0.333 e. The molecule has 146 valence electrons. The van der Waals surface area contributed by atoms with Crippen molar-refractivity contribution < 1.29 is 10.0 Å². The third-order valence-electron chi connectivity index (χ3n) is 5.87. The standard InChI is InChI=1S/C22H21N5O2/c28-21(25-29)17-11-23-22(24-12-17)27-14-18-19(27)13-26(18)20(15-7-3-1-4-8-15)16-9-5-2-6-10-16/h1-12,18-20,29H,13-14H2,(H,25,28). The molecular weight excluding hydrogens is 366 g/mol. The van der Waals surface area contributed by atoms with Crippen LogP contribution in [0.25, 0.3) is 0 Å². The van der Waals surface area contributed by atoms with Crippen LogP contribution in [0, 0.1) is 0 Å². The minimum absolute atomic E-state index is 0.233. The number of hydrogen-bond acceptors (Lipinski definition) is 6. The Morgan fingerprint density at radius 1 is 0.931 bits per heavy atom. The highest BCUT2D eigenvalue weighted by Crippen LogP contribution is 2.43. The van der Waals surface area contributed by atoms with Crippen LogP contribution < -0.4 is 10.4 Å². The highest BCUT2D eigenvalue weighted by Gasteiger charge is 2.54. The predicted octanol–water partition coefficient (Wildman–Crippen LogP) is 2.26. The number of rotatable bonds is 5. The van der Waals surface area contributed by atoms with Gasteiger partial charge in [-0.2, -0.15) is 0 Å². The van der Waals surface area contributed by atoms with Crippen molar-refractivity contribution in [3.05, 3.63) is 89.7 Å². The van der Waals surface area contributed by atoms with Crippen LogP contribution in [-0.2, 0) is 0 Å². The van der Waals surface area contributed by atoms with E-state index < -0.39 is 5.91 Å². The van der Waals surface area contributed by atoms with Gasteiger partial charge in [0.2, 0.25) is 5.95 Å². The first-order valence-electron chi connectivity index (χ1n) is 9.65. The van der Waals surface area contributed by atoms with Crippen molar-refractivity contribution in [3.8, 4) is 0 Å². The maximum atomic E-state index is 11.4. The second kappa shape index (κ2) is 7.27. The Balaban J connectivity index is 1.33. The Kier molecular flexibility index (Phi) is 4.46. The predicted molar refractivity (Wildman–Crippen MR) is 108 cm³/mol. The lowest BCUT2D eigenvalue weighted by Crippen LogP contribution is -2.79. The average molecular weight is 387 g/mol. The fourth-order valence-electron chi connectivity index (χ4n) is 4.31. The van der Waals surface area contributed by atoms with Crippen LogP contribution in [0.2, 0.25) is 0 Å². The zero-order valence-electron chi connectivity index (χ0n) is 15.7. The molecule has 5 rings (SSSR count). The fraction of sp³-hybridized carbons (Fsp3) is 0.227. The molecule has 2 aromatic carbocycles. The van der Waals surface area contributed by atoms with Gasteiger partial charge < -0.3 is 4.90 Å². The molecule has 2 atom stereocenters. The van der Waals surface area contributed by atoms with Gasteiger partial charge in [-0.15, -0.1) is 0 Å². The summed E-state index contributed by atoms with van der Waals surface area (Å²) in [7, 11) is 0. The van der Waals surface area contributed by atoms with Gasteiger partial charge in [0.15, 0.2) is 0 Å². The van der Waals surface area contributed by atoms with Crippen LogP contribution in [0.5, 0.6) is 0 Å². The number of hydroxylamine groups is 1. The number of anilines is 1.